The van der Waals surface area contributed by atoms with Gasteiger partial charge in [0.25, 0.3) is 0 Å². The van der Waals surface area contributed by atoms with Gasteiger partial charge in [-0.3, -0.25) is 10.00 Å². The first-order valence-electron chi connectivity index (χ1n) is 7.99. The van der Waals surface area contributed by atoms with E-state index in [1.807, 2.05) is 0 Å². The van der Waals surface area contributed by atoms with E-state index in [1.165, 1.54) is 19.3 Å². The van der Waals surface area contributed by atoms with Gasteiger partial charge in [0.2, 0.25) is 0 Å². The molecule has 1 saturated heterocycles. The fourth-order valence-corrected chi connectivity index (χ4v) is 2.99. The minimum absolute atomic E-state index is 0.0117. The Balaban J connectivity index is 1.69. The van der Waals surface area contributed by atoms with Crippen molar-refractivity contribution in [3.05, 3.63) is 23.8 Å². The number of hydrogen-bond acceptors (Lipinski definition) is 4. The topological polar surface area (TPSA) is 54.0 Å². The number of rotatable bonds is 2. The zero-order valence-electron chi connectivity index (χ0n) is 13.3. The van der Waals surface area contributed by atoms with Crippen molar-refractivity contribution in [3.8, 4) is 0 Å². The van der Waals surface area contributed by atoms with Crippen molar-refractivity contribution in [1.29, 1.82) is 0 Å². The molecule has 1 N–H and O–H groups in total. The Morgan fingerprint density at radius 3 is 2.90 bits per heavy atom. The molecule has 2 aliphatic rings. The molecule has 3 rings (SSSR count). The number of ether oxygens (including phenoxy) is 1. The molecule has 1 fully saturated rings. The van der Waals surface area contributed by atoms with Gasteiger partial charge in [-0.25, -0.2) is 4.98 Å². The van der Waals surface area contributed by atoms with Crippen LogP contribution in [0.5, 0.6) is 0 Å². The van der Waals surface area contributed by atoms with Crippen LogP contribution >= 0.6 is 0 Å². The van der Waals surface area contributed by atoms with Crippen molar-refractivity contribution in [2.75, 3.05) is 19.7 Å². The van der Waals surface area contributed by atoms with Crippen LogP contribution in [0.25, 0.3) is 0 Å². The maximum atomic E-state index is 5.91. The summed E-state index contributed by atoms with van der Waals surface area (Å²) < 4.78 is 5.91. The van der Waals surface area contributed by atoms with E-state index in [2.05, 4.69) is 53.0 Å². The molecular formula is C16H26N4O. The molecule has 116 valence electrons. The highest BCUT2D eigenvalue weighted by Crippen LogP contribution is 2.26. The molecule has 21 heavy (non-hydrogen) atoms. The largest absolute Gasteiger partial charge is 0.368 e. The third-order valence-electron chi connectivity index (χ3n) is 4.27. The van der Waals surface area contributed by atoms with E-state index < -0.39 is 0 Å². The van der Waals surface area contributed by atoms with Crippen LogP contribution in [0.3, 0.4) is 0 Å². The molecule has 2 atom stereocenters. The smallest absolute Gasteiger partial charge is 0.156 e. The monoisotopic (exact) mass is 290 g/mol. The molecule has 0 spiro atoms. The van der Waals surface area contributed by atoms with Gasteiger partial charge < -0.3 is 4.74 Å². The average molecular weight is 290 g/mol. The number of nitrogens with one attached hydrogen (secondary N) is 1. The van der Waals surface area contributed by atoms with Gasteiger partial charge in [0.05, 0.1) is 6.61 Å². The number of allylic oxidation sites excluding steroid dienone is 1. The first kappa shape index (κ1) is 14.7. The van der Waals surface area contributed by atoms with E-state index in [-0.39, 0.29) is 11.5 Å². The second kappa shape index (κ2) is 5.89. The lowest BCUT2D eigenvalue weighted by molar-refractivity contribution is -0.0442. The van der Waals surface area contributed by atoms with Gasteiger partial charge in [0.15, 0.2) is 11.6 Å². The maximum Gasteiger partial charge on any atom is 0.156 e. The Kier molecular flexibility index (Phi) is 4.13. The highest BCUT2D eigenvalue weighted by molar-refractivity contribution is 5.06. The van der Waals surface area contributed by atoms with Crippen molar-refractivity contribution >= 4 is 0 Å². The van der Waals surface area contributed by atoms with E-state index in [1.54, 1.807) is 0 Å². The molecule has 5 heteroatoms. The molecule has 0 saturated carbocycles. The molecule has 5 nitrogen and oxygen atoms in total. The molecule has 1 aromatic rings. The normalized spacial score (nSPS) is 28.0. The summed E-state index contributed by atoms with van der Waals surface area (Å²) in [6, 6.07) is 0.565. The minimum atomic E-state index is -0.0325. The zero-order chi connectivity index (χ0) is 14.9. The van der Waals surface area contributed by atoms with Gasteiger partial charge in [0, 0.05) is 24.5 Å². The van der Waals surface area contributed by atoms with E-state index in [4.69, 9.17) is 4.74 Å². The summed E-state index contributed by atoms with van der Waals surface area (Å²) in [7, 11) is 0. The van der Waals surface area contributed by atoms with Gasteiger partial charge >= 0.3 is 0 Å². The lowest BCUT2D eigenvalue weighted by Crippen LogP contribution is -2.44. The number of hydrogen-bond donors (Lipinski definition) is 1. The Labute approximate surface area is 126 Å². The third kappa shape index (κ3) is 3.35. The fourth-order valence-electron chi connectivity index (χ4n) is 2.99. The van der Waals surface area contributed by atoms with Crippen LogP contribution in [-0.4, -0.2) is 45.8 Å². The van der Waals surface area contributed by atoms with Crippen LogP contribution in [0.1, 0.15) is 57.8 Å². The standard InChI is InChI=1S/C16H26N4O/c1-16(2,3)15-17-14(18-19-15)13-11-20(9-10-21-13)12-7-5-4-6-8-12/h5,7,12-13H,4,6,8-11H2,1-3H3,(H,17,18,19)/t12-,13+/m0/s1. The predicted molar refractivity (Wildman–Crippen MR) is 82.1 cm³/mol. The Morgan fingerprint density at radius 2 is 2.24 bits per heavy atom. The van der Waals surface area contributed by atoms with Gasteiger partial charge in [-0.05, 0) is 19.3 Å². The Morgan fingerprint density at radius 1 is 1.38 bits per heavy atom. The molecule has 2 heterocycles. The molecule has 0 aromatic carbocycles. The zero-order valence-corrected chi connectivity index (χ0v) is 13.3. The molecule has 0 bridgehead atoms. The molecule has 1 aliphatic carbocycles. The van der Waals surface area contributed by atoms with E-state index in [0.717, 1.165) is 31.3 Å². The highest BCUT2D eigenvalue weighted by atomic mass is 16.5. The predicted octanol–water partition coefficient (Wildman–Crippen LogP) is 2.58. The van der Waals surface area contributed by atoms with Crippen LogP contribution in [0.2, 0.25) is 0 Å². The quantitative estimate of drug-likeness (QED) is 0.851. The lowest BCUT2D eigenvalue weighted by atomic mass is 9.96. The summed E-state index contributed by atoms with van der Waals surface area (Å²) in [5.74, 6) is 1.72. The number of aromatic amines is 1. The third-order valence-corrected chi connectivity index (χ3v) is 4.27. The number of H-pyrrole nitrogens is 1. The van der Waals surface area contributed by atoms with E-state index >= 15 is 0 Å². The number of nitrogens with zero attached hydrogens (tertiary/aromatic N) is 3. The average Bonchev–Trinajstić information content (AvgIpc) is 2.98. The van der Waals surface area contributed by atoms with Crippen molar-refractivity contribution in [2.45, 2.75) is 57.6 Å². The van der Waals surface area contributed by atoms with Gasteiger partial charge in [0.1, 0.15) is 6.10 Å². The molecule has 0 unspecified atom stereocenters. The van der Waals surface area contributed by atoms with Crippen LogP contribution in [0.4, 0.5) is 0 Å². The van der Waals surface area contributed by atoms with Crippen LogP contribution in [0, 0.1) is 0 Å². The van der Waals surface area contributed by atoms with Crippen molar-refractivity contribution in [1.82, 2.24) is 20.1 Å². The van der Waals surface area contributed by atoms with Crippen molar-refractivity contribution < 1.29 is 4.74 Å². The second-order valence-corrected chi connectivity index (χ2v) is 7.08. The van der Waals surface area contributed by atoms with Gasteiger partial charge in [-0.15, -0.1) is 0 Å². The first-order valence-corrected chi connectivity index (χ1v) is 7.99. The van der Waals surface area contributed by atoms with Crippen molar-refractivity contribution in [2.24, 2.45) is 0 Å². The highest BCUT2D eigenvalue weighted by Gasteiger charge is 2.30. The fraction of sp³-hybridized carbons (Fsp3) is 0.750. The number of aromatic nitrogens is 3. The minimum Gasteiger partial charge on any atom is -0.368 e. The first-order chi connectivity index (χ1) is 10.0. The van der Waals surface area contributed by atoms with Gasteiger partial charge in [-0.2, -0.15) is 5.10 Å². The molecule has 1 aromatic heterocycles. The summed E-state index contributed by atoms with van der Waals surface area (Å²) in [5, 5.41) is 7.43. The summed E-state index contributed by atoms with van der Waals surface area (Å²) in [4.78, 5) is 7.17. The van der Waals surface area contributed by atoms with Crippen molar-refractivity contribution in [3.63, 3.8) is 0 Å². The van der Waals surface area contributed by atoms with Crippen LogP contribution in [0.15, 0.2) is 12.2 Å². The molecule has 1 aliphatic heterocycles. The summed E-state index contributed by atoms with van der Waals surface area (Å²) in [6.45, 7) is 9.04. The maximum absolute atomic E-state index is 5.91. The van der Waals surface area contributed by atoms with Crippen LogP contribution < -0.4 is 0 Å². The SMILES string of the molecule is CC(C)(C)c1n[nH]c([C@H]2CN([C@H]3C=CCCC3)CCO2)n1. The molecular weight excluding hydrogens is 264 g/mol. The van der Waals surface area contributed by atoms with E-state index in [0.29, 0.717) is 6.04 Å². The van der Waals surface area contributed by atoms with Crippen LogP contribution in [-0.2, 0) is 10.2 Å². The summed E-state index contributed by atoms with van der Waals surface area (Å²) >= 11 is 0. The number of morpholine rings is 1. The van der Waals surface area contributed by atoms with E-state index in [9.17, 15) is 0 Å². The Bertz CT molecular complexity index is 503. The molecule has 0 amide bonds. The Hall–Kier alpha value is -1.20. The lowest BCUT2D eigenvalue weighted by Gasteiger charge is -2.37. The molecule has 0 radical (unpaired) electrons. The summed E-state index contributed by atoms with van der Waals surface area (Å²) in [6.07, 6.45) is 8.45. The second-order valence-electron chi connectivity index (χ2n) is 7.08. The summed E-state index contributed by atoms with van der Waals surface area (Å²) in [5.41, 5.74) is -0.0325. The van der Waals surface area contributed by atoms with Gasteiger partial charge in [-0.1, -0.05) is 32.9 Å².